The van der Waals surface area contributed by atoms with Crippen molar-refractivity contribution in [3.8, 4) is 0 Å². The Hall–Kier alpha value is -6.64. The van der Waals surface area contributed by atoms with Crippen LogP contribution in [0.5, 0.6) is 0 Å². The predicted octanol–water partition coefficient (Wildman–Crippen LogP) is 5.06. The van der Waals surface area contributed by atoms with Crippen LogP contribution in [0.4, 0.5) is 28.8 Å². The summed E-state index contributed by atoms with van der Waals surface area (Å²) < 4.78 is 1.75. The lowest BCUT2D eigenvalue weighted by molar-refractivity contribution is -0.136. The number of carbonyl (C=O) groups is 5. The van der Waals surface area contributed by atoms with E-state index >= 15 is 0 Å². The number of anilines is 5. The molecule has 0 radical (unpaired) electrons. The molecule has 0 aliphatic carbocycles. The molecule has 2 saturated heterocycles. The molecular formula is C43H44N10O5. The lowest BCUT2D eigenvalue weighted by Gasteiger charge is -2.35. The summed E-state index contributed by atoms with van der Waals surface area (Å²) in [6, 6.07) is 16.6. The highest BCUT2D eigenvalue weighted by Crippen LogP contribution is 2.34. The highest BCUT2D eigenvalue weighted by atomic mass is 16.2. The molecule has 5 amide bonds. The van der Waals surface area contributed by atoms with Crippen molar-refractivity contribution in [2.75, 3.05) is 35.2 Å². The summed E-state index contributed by atoms with van der Waals surface area (Å²) in [4.78, 5) is 78.8. The zero-order chi connectivity index (χ0) is 40.2. The van der Waals surface area contributed by atoms with E-state index in [1.807, 2.05) is 30.1 Å². The molecule has 15 heteroatoms. The van der Waals surface area contributed by atoms with E-state index in [0.717, 1.165) is 63.3 Å². The second kappa shape index (κ2) is 14.7. The standard InChI is InChI=1S/C43H44N10O5/c1-24-5-4-6-25(2)37(24)47-38-33-22-44-43(48-39(33)50(3)49-38)45-29-8-7-27-15-18-52(23-28(27)20-29)36(55)19-26-13-16-51(17-14-26)30-9-10-31-32(21-30)42(58)53(41(31)57)34-11-12-35(54)46-40(34)56/h4-10,20-22,26,34H,11-19,23H2,1-3H3,(H,47,49)(H,44,45,48)(H,46,54,56). The van der Waals surface area contributed by atoms with Crippen molar-refractivity contribution >= 4 is 69.4 Å². The van der Waals surface area contributed by atoms with E-state index in [-0.39, 0.29) is 35.8 Å². The molecule has 15 nitrogen and oxygen atoms in total. The summed E-state index contributed by atoms with van der Waals surface area (Å²) in [5, 5.41) is 14.6. The number of carbonyl (C=O) groups excluding carboxylic acids is 5. The highest BCUT2D eigenvalue weighted by Gasteiger charge is 2.45. The van der Waals surface area contributed by atoms with Crippen LogP contribution in [0.25, 0.3) is 11.0 Å². The number of hydrogen-bond acceptors (Lipinski definition) is 11. The molecule has 3 aromatic carbocycles. The van der Waals surface area contributed by atoms with Crippen molar-refractivity contribution in [1.29, 1.82) is 0 Å². The van der Waals surface area contributed by atoms with E-state index in [0.29, 0.717) is 50.0 Å². The first-order chi connectivity index (χ1) is 28.0. The second-order valence-corrected chi connectivity index (χ2v) is 15.8. The van der Waals surface area contributed by atoms with E-state index in [9.17, 15) is 24.0 Å². The van der Waals surface area contributed by atoms with Gasteiger partial charge in [0.25, 0.3) is 11.8 Å². The molecule has 5 aromatic rings. The fourth-order valence-electron chi connectivity index (χ4n) is 8.72. The van der Waals surface area contributed by atoms with Gasteiger partial charge in [0, 0.05) is 69.3 Å². The lowest BCUT2D eigenvalue weighted by Crippen LogP contribution is -2.54. The van der Waals surface area contributed by atoms with Gasteiger partial charge in [0.15, 0.2) is 11.5 Å². The predicted molar refractivity (Wildman–Crippen MR) is 217 cm³/mol. The van der Waals surface area contributed by atoms with Gasteiger partial charge >= 0.3 is 0 Å². The largest absolute Gasteiger partial charge is 0.371 e. The fourth-order valence-corrected chi connectivity index (χ4v) is 8.72. The van der Waals surface area contributed by atoms with Gasteiger partial charge in [-0.1, -0.05) is 24.3 Å². The fraction of sp³-hybridized carbons (Fsp3) is 0.349. The maximum absolute atomic E-state index is 13.7. The van der Waals surface area contributed by atoms with Crippen molar-refractivity contribution in [2.24, 2.45) is 13.0 Å². The van der Waals surface area contributed by atoms with Crippen molar-refractivity contribution in [3.63, 3.8) is 0 Å². The zero-order valence-corrected chi connectivity index (χ0v) is 32.7. The smallest absolute Gasteiger partial charge is 0.262 e. The van der Waals surface area contributed by atoms with Crippen LogP contribution in [-0.2, 0) is 34.4 Å². The Kier molecular flexibility index (Phi) is 9.37. The average molecular weight is 781 g/mol. The van der Waals surface area contributed by atoms with Crippen LogP contribution in [0.2, 0.25) is 0 Å². The van der Waals surface area contributed by atoms with E-state index in [4.69, 9.17) is 4.98 Å². The SMILES string of the molecule is Cc1cccc(C)c1Nc1nn(C)c2nc(Nc3ccc4c(c3)CN(C(=O)CC3CCN(c5ccc6c(c5)C(=O)N(C5CCC(=O)NC5=O)C6=O)CC3)CC4)ncc12. The van der Waals surface area contributed by atoms with Gasteiger partial charge < -0.3 is 20.4 Å². The number of aromatic nitrogens is 4. The molecule has 3 N–H and O–H groups in total. The van der Waals surface area contributed by atoms with Gasteiger partial charge in [0.05, 0.1) is 16.5 Å². The first-order valence-corrected chi connectivity index (χ1v) is 19.8. The Balaban J connectivity index is 0.802. The Morgan fingerprint density at radius 2 is 1.64 bits per heavy atom. The lowest BCUT2D eigenvalue weighted by atomic mass is 9.91. The van der Waals surface area contributed by atoms with E-state index in [2.05, 4.69) is 69.0 Å². The minimum atomic E-state index is -0.997. The van der Waals surface area contributed by atoms with Crippen molar-refractivity contribution in [2.45, 2.75) is 65.0 Å². The van der Waals surface area contributed by atoms with Gasteiger partial charge in [-0.15, -0.1) is 0 Å². The summed E-state index contributed by atoms with van der Waals surface area (Å²) >= 11 is 0. The molecule has 0 spiro atoms. The van der Waals surface area contributed by atoms with Crippen molar-refractivity contribution in [1.82, 2.24) is 34.9 Å². The summed E-state index contributed by atoms with van der Waals surface area (Å²) in [6.45, 7) is 6.77. The summed E-state index contributed by atoms with van der Waals surface area (Å²) in [5.41, 5.74) is 8.50. The average Bonchev–Trinajstić information content (AvgIpc) is 3.66. The van der Waals surface area contributed by atoms with Crippen LogP contribution >= 0.6 is 0 Å². The maximum atomic E-state index is 13.7. The molecule has 6 heterocycles. The van der Waals surface area contributed by atoms with Crippen LogP contribution in [0.15, 0.2) is 60.8 Å². The number of aryl methyl sites for hydroxylation is 3. The molecule has 9 rings (SSSR count). The third-order valence-corrected chi connectivity index (χ3v) is 12.0. The number of para-hydroxylation sites is 1. The van der Waals surface area contributed by atoms with Crippen LogP contribution < -0.4 is 20.9 Å². The first-order valence-electron chi connectivity index (χ1n) is 19.8. The topological polar surface area (TPSA) is 175 Å². The van der Waals surface area contributed by atoms with E-state index in [1.54, 1.807) is 23.0 Å². The van der Waals surface area contributed by atoms with Crippen LogP contribution in [-0.4, -0.2) is 84.8 Å². The molecule has 4 aliphatic heterocycles. The molecule has 296 valence electrons. The van der Waals surface area contributed by atoms with Gasteiger partial charge in [-0.3, -0.25) is 34.2 Å². The molecule has 2 fully saturated rings. The zero-order valence-electron chi connectivity index (χ0n) is 32.7. The highest BCUT2D eigenvalue weighted by molar-refractivity contribution is 6.23. The Morgan fingerprint density at radius 1 is 0.862 bits per heavy atom. The number of nitrogens with one attached hydrogen (secondary N) is 3. The number of fused-ring (bicyclic) bond motifs is 3. The van der Waals surface area contributed by atoms with Gasteiger partial charge in [-0.05, 0) is 98.0 Å². The van der Waals surface area contributed by atoms with Crippen LogP contribution in [0.3, 0.4) is 0 Å². The monoisotopic (exact) mass is 780 g/mol. The number of benzene rings is 3. The van der Waals surface area contributed by atoms with Gasteiger partial charge in [-0.25, -0.2) is 9.67 Å². The Morgan fingerprint density at radius 3 is 2.41 bits per heavy atom. The Labute approximate surface area is 334 Å². The number of piperidine rings is 2. The third-order valence-electron chi connectivity index (χ3n) is 12.0. The molecule has 1 unspecified atom stereocenters. The van der Waals surface area contributed by atoms with E-state index < -0.39 is 29.7 Å². The molecular weight excluding hydrogens is 737 g/mol. The Bertz CT molecular complexity index is 2520. The molecule has 0 saturated carbocycles. The third kappa shape index (κ3) is 6.79. The summed E-state index contributed by atoms with van der Waals surface area (Å²) in [6.07, 6.45) is 4.87. The van der Waals surface area contributed by atoms with Gasteiger partial charge in [0.1, 0.15) is 6.04 Å². The number of amides is 5. The number of nitrogens with zero attached hydrogens (tertiary/aromatic N) is 7. The summed E-state index contributed by atoms with van der Waals surface area (Å²) in [7, 11) is 1.87. The number of hydrogen-bond donors (Lipinski definition) is 3. The quantitative estimate of drug-likeness (QED) is 0.180. The van der Waals surface area contributed by atoms with Crippen LogP contribution in [0, 0.1) is 19.8 Å². The summed E-state index contributed by atoms with van der Waals surface area (Å²) in [5.74, 6) is -0.529. The van der Waals surface area contributed by atoms with Crippen molar-refractivity contribution < 1.29 is 24.0 Å². The van der Waals surface area contributed by atoms with Gasteiger partial charge in [-0.2, -0.15) is 10.1 Å². The molecule has 2 aromatic heterocycles. The number of rotatable bonds is 8. The van der Waals surface area contributed by atoms with Gasteiger partial charge in [0.2, 0.25) is 23.7 Å². The van der Waals surface area contributed by atoms with Crippen molar-refractivity contribution in [3.05, 3.63) is 94.2 Å². The molecule has 4 aliphatic rings. The van der Waals surface area contributed by atoms with E-state index in [1.165, 1.54) is 5.56 Å². The minimum absolute atomic E-state index is 0.0757. The maximum Gasteiger partial charge on any atom is 0.262 e. The molecule has 58 heavy (non-hydrogen) atoms. The molecule has 0 bridgehead atoms. The normalized spacial score (nSPS) is 18.4. The number of imide groups is 2. The first kappa shape index (κ1) is 37.0. The minimum Gasteiger partial charge on any atom is -0.371 e. The van der Waals surface area contributed by atoms with Crippen LogP contribution in [0.1, 0.15) is 75.1 Å². The second-order valence-electron chi connectivity index (χ2n) is 15.8. The molecule has 1 atom stereocenters.